The molecule has 0 radical (unpaired) electrons. The fourth-order valence-corrected chi connectivity index (χ4v) is 1.54. The van der Waals surface area contributed by atoms with E-state index in [0.29, 0.717) is 12.0 Å². The average molecular weight is 194 g/mol. The average Bonchev–Trinajstić information content (AvgIpc) is 2.20. The lowest BCUT2D eigenvalue weighted by molar-refractivity contribution is -0.111. The number of hydrogen-bond acceptors (Lipinski definition) is 1. The van der Waals surface area contributed by atoms with Gasteiger partial charge in [-0.2, -0.15) is 0 Å². The third-order valence-electron chi connectivity index (χ3n) is 2.29. The Labute approximate surface area is 83.9 Å². The monoisotopic (exact) mass is 194 g/mol. The molecule has 0 aliphatic heterocycles. The molecule has 2 heteroatoms. The van der Waals surface area contributed by atoms with Crippen LogP contribution in [-0.4, -0.2) is 6.29 Å². The van der Waals surface area contributed by atoms with Crippen LogP contribution in [-0.2, 0) is 11.2 Å². The van der Waals surface area contributed by atoms with Crippen molar-refractivity contribution in [2.45, 2.75) is 26.2 Å². The Hall–Kier alpha value is -1.18. The van der Waals surface area contributed by atoms with E-state index in [1.165, 1.54) is 6.07 Å². The van der Waals surface area contributed by atoms with Crippen molar-refractivity contribution in [1.82, 2.24) is 0 Å². The molecule has 1 aromatic rings. The molecule has 0 bridgehead atoms. The van der Waals surface area contributed by atoms with Gasteiger partial charge in [-0.3, -0.25) is 0 Å². The summed E-state index contributed by atoms with van der Waals surface area (Å²) in [6.07, 6.45) is 3.23. The largest absolute Gasteiger partial charge is 0.303 e. The maximum atomic E-state index is 13.2. The van der Waals surface area contributed by atoms with E-state index in [1.54, 1.807) is 18.2 Å². The molecule has 0 aliphatic rings. The molecule has 0 saturated carbocycles. The molecule has 0 aromatic heterocycles. The molecule has 0 N–H and O–H groups in total. The predicted molar refractivity (Wildman–Crippen MR) is 54.6 cm³/mol. The van der Waals surface area contributed by atoms with Crippen molar-refractivity contribution in [3.05, 3.63) is 35.6 Å². The van der Waals surface area contributed by atoms with E-state index in [-0.39, 0.29) is 11.7 Å². The van der Waals surface area contributed by atoms with Gasteiger partial charge >= 0.3 is 0 Å². The molecule has 1 unspecified atom stereocenters. The molecule has 1 rings (SSSR count). The van der Waals surface area contributed by atoms with Crippen LogP contribution in [0.15, 0.2) is 24.3 Å². The van der Waals surface area contributed by atoms with Crippen LogP contribution < -0.4 is 0 Å². The van der Waals surface area contributed by atoms with Gasteiger partial charge < -0.3 is 4.79 Å². The van der Waals surface area contributed by atoms with Crippen molar-refractivity contribution in [1.29, 1.82) is 0 Å². The van der Waals surface area contributed by atoms with E-state index >= 15 is 0 Å². The van der Waals surface area contributed by atoms with Gasteiger partial charge in [-0.05, 0) is 24.5 Å². The summed E-state index contributed by atoms with van der Waals surface area (Å²) in [6, 6.07) is 6.63. The molecule has 0 aliphatic carbocycles. The number of carbonyl (C=O) groups excluding carboxylic acids is 1. The molecule has 1 nitrogen and oxygen atoms in total. The quantitative estimate of drug-likeness (QED) is 0.658. The third-order valence-corrected chi connectivity index (χ3v) is 2.29. The minimum absolute atomic E-state index is 0.0445. The highest BCUT2D eigenvalue weighted by Crippen LogP contribution is 2.14. The molecular formula is C12H15FO. The molecule has 0 fully saturated rings. The van der Waals surface area contributed by atoms with Crippen molar-refractivity contribution >= 4 is 6.29 Å². The maximum Gasteiger partial charge on any atom is 0.126 e. The number of carbonyl (C=O) groups is 1. The first-order valence-corrected chi connectivity index (χ1v) is 4.96. The summed E-state index contributed by atoms with van der Waals surface area (Å²) >= 11 is 0. The van der Waals surface area contributed by atoms with Crippen LogP contribution in [0.3, 0.4) is 0 Å². The van der Waals surface area contributed by atoms with Gasteiger partial charge in [-0.15, -0.1) is 0 Å². The molecule has 1 aromatic carbocycles. The Balaban J connectivity index is 2.66. The second kappa shape index (κ2) is 5.53. The maximum absolute atomic E-state index is 13.2. The normalized spacial score (nSPS) is 12.4. The molecule has 0 amide bonds. The highest BCUT2D eigenvalue weighted by Gasteiger charge is 2.09. The van der Waals surface area contributed by atoms with Crippen LogP contribution in [0.5, 0.6) is 0 Å². The first-order chi connectivity index (χ1) is 6.77. The zero-order valence-corrected chi connectivity index (χ0v) is 8.37. The zero-order chi connectivity index (χ0) is 10.4. The number of aldehydes is 1. The van der Waals surface area contributed by atoms with Crippen LogP contribution in [0.25, 0.3) is 0 Å². The van der Waals surface area contributed by atoms with Gasteiger partial charge in [0.25, 0.3) is 0 Å². The Morgan fingerprint density at radius 3 is 2.71 bits per heavy atom. The molecule has 0 heterocycles. The number of benzene rings is 1. The van der Waals surface area contributed by atoms with E-state index in [2.05, 4.69) is 0 Å². The Bertz CT molecular complexity index is 296. The summed E-state index contributed by atoms with van der Waals surface area (Å²) < 4.78 is 13.2. The number of rotatable bonds is 5. The zero-order valence-electron chi connectivity index (χ0n) is 8.37. The summed E-state index contributed by atoms with van der Waals surface area (Å²) in [4.78, 5) is 10.7. The van der Waals surface area contributed by atoms with Crippen molar-refractivity contribution in [2.24, 2.45) is 5.92 Å². The predicted octanol–water partition coefficient (Wildman–Crippen LogP) is 2.98. The van der Waals surface area contributed by atoms with Gasteiger partial charge in [0.1, 0.15) is 12.1 Å². The minimum Gasteiger partial charge on any atom is -0.303 e. The molecular weight excluding hydrogens is 179 g/mol. The molecule has 0 saturated heterocycles. The second-order valence-corrected chi connectivity index (χ2v) is 3.48. The van der Waals surface area contributed by atoms with E-state index in [4.69, 9.17) is 0 Å². The summed E-state index contributed by atoms with van der Waals surface area (Å²) in [5, 5.41) is 0. The van der Waals surface area contributed by atoms with Gasteiger partial charge in [0.15, 0.2) is 0 Å². The van der Waals surface area contributed by atoms with Gasteiger partial charge in [0.2, 0.25) is 0 Å². The van der Waals surface area contributed by atoms with Crippen molar-refractivity contribution in [3.8, 4) is 0 Å². The van der Waals surface area contributed by atoms with E-state index < -0.39 is 0 Å². The van der Waals surface area contributed by atoms with Gasteiger partial charge in [-0.1, -0.05) is 31.5 Å². The van der Waals surface area contributed by atoms with E-state index in [0.717, 1.165) is 19.1 Å². The van der Waals surface area contributed by atoms with Crippen LogP contribution >= 0.6 is 0 Å². The van der Waals surface area contributed by atoms with Crippen LogP contribution in [0, 0.1) is 11.7 Å². The summed E-state index contributed by atoms with van der Waals surface area (Å²) in [5.41, 5.74) is 0.637. The Kier molecular flexibility index (Phi) is 4.30. The Morgan fingerprint density at radius 2 is 2.14 bits per heavy atom. The van der Waals surface area contributed by atoms with Crippen molar-refractivity contribution in [2.75, 3.05) is 0 Å². The fraction of sp³-hybridized carbons (Fsp3) is 0.417. The third kappa shape index (κ3) is 2.95. The highest BCUT2D eigenvalue weighted by molar-refractivity contribution is 5.54. The second-order valence-electron chi connectivity index (χ2n) is 3.48. The number of hydrogen-bond donors (Lipinski definition) is 0. The molecule has 0 spiro atoms. The van der Waals surface area contributed by atoms with Crippen LogP contribution in [0.2, 0.25) is 0 Å². The standard InChI is InChI=1S/C12H15FO/c1-2-5-10(9-14)8-11-6-3-4-7-12(11)13/h3-4,6-7,9-10H,2,5,8H2,1H3. The van der Waals surface area contributed by atoms with Gasteiger partial charge in [-0.25, -0.2) is 4.39 Å². The van der Waals surface area contributed by atoms with Crippen molar-refractivity contribution in [3.63, 3.8) is 0 Å². The lowest BCUT2D eigenvalue weighted by Crippen LogP contribution is -2.06. The van der Waals surface area contributed by atoms with Crippen molar-refractivity contribution < 1.29 is 9.18 Å². The molecule has 14 heavy (non-hydrogen) atoms. The lowest BCUT2D eigenvalue weighted by Gasteiger charge is -2.08. The summed E-state index contributed by atoms with van der Waals surface area (Å²) in [5.74, 6) is -0.257. The minimum atomic E-state index is -0.213. The van der Waals surface area contributed by atoms with Crippen LogP contribution in [0.1, 0.15) is 25.3 Å². The van der Waals surface area contributed by atoms with E-state index in [1.807, 2.05) is 6.92 Å². The lowest BCUT2D eigenvalue weighted by atomic mass is 9.96. The highest BCUT2D eigenvalue weighted by atomic mass is 19.1. The molecule has 76 valence electrons. The summed E-state index contributed by atoms with van der Waals surface area (Å²) in [6.45, 7) is 2.03. The SMILES string of the molecule is CCCC(C=O)Cc1ccccc1F. The first kappa shape index (κ1) is 10.9. The molecule has 1 atom stereocenters. The van der Waals surface area contributed by atoms with Gasteiger partial charge in [0.05, 0.1) is 0 Å². The Morgan fingerprint density at radius 1 is 1.43 bits per heavy atom. The van der Waals surface area contributed by atoms with E-state index in [9.17, 15) is 9.18 Å². The number of halogens is 1. The smallest absolute Gasteiger partial charge is 0.126 e. The topological polar surface area (TPSA) is 17.1 Å². The summed E-state index contributed by atoms with van der Waals surface area (Å²) in [7, 11) is 0. The fourth-order valence-electron chi connectivity index (χ4n) is 1.54. The first-order valence-electron chi connectivity index (χ1n) is 4.96. The van der Waals surface area contributed by atoms with Gasteiger partial charge in [0, 0.05) is 5.92 Å². The van der Waals surface area contributed by atoms with Crippen LogP contribution in [0.4, 0.5) is 4.39 Å².